The molecule has 0 radical (unpaired) electrons. The summed E-state index contributed by atoms with van der Waals surface area (Å²) in [4.78, 5) is 23.5. The maximum Gasteiger partial charge on any atom is 0.326 e. The number of aliphatic carboxylic acids is 1. The molecule has 0 aromatic heterocycles. The molecule has 1 heterocycles. The molecule has 0 unspecified atom stereocenters. The number of unbranched alkanes of at least 4 members (excludes halogenated alkanes) is 1. The van der Waals surface area contributed by atoms with Crippen molar-refractivity contribution < 1.29 is 23.1 Å². The van der Waals surface area contributed by atoms with Crippen molar-refractivity contribution in [1.29, 1.82) is 0 Å². The van der Waals surface area contributed by atoms with Gasteiger partial charge >= 0.3 is 5.97 Å². The average molecular weight is 397 g/mol. The fourth-order valence-corrected chi connectivity index (χ4v) is 4.61. The van der Waals surface area contributed by atoms with E-state index in [0.717, 1.165) is 31.2 Å². The van der Waals surface area contributed by atoms with E-state index in [-0.39, 0.29) is 17.2 Å². The number of carbonyl (C=O) groups is 2. The molecule has 2 N–H and O–H groups in total. The molecule has 1 aromatic rings. The summed E-state index contributed by atoms with van der Waals surface area (Å²) < 4.78 is 26.5. The van der Waals surface area contributed by atoms with Gasteiger partial charge in [0, 0.05) is 19.5 Å². The van der Waals surface area contributed by atoms with Crippen molar-refractivity contribution in [3.63, 3.8) is 0 Å². The molecule has 0 saturated carbocycles. The van der Waals surface area contributed by atoms with Crippen LogP contribution in [0.3, 0.4) is 0 Å². The first-order valence-electron chi connectivity index (χ1n) is 9.46. The van der Waals surface area contributed by atoms with E-state index in [0.29, 0.717) is 25.9 Å². The molecule has 1 fully saturated rings. The third kappa shape index (κ3) is 6.04. The highest BCUT2D eigenvalue weighted by atomic mass is 32.2. The van der Waals surface area contributed by atoms with Gasteiger partial charge in [0.15, 0.2) is 0 Å². The lowest BCUT2D eigenvalue weighted by atomic mass is 10.1. The van der Waals surface area contributed by atoms with Crippen molar-refractivity contribution >= 4 is 21.9 Å². The molecule has 1 aliphatic rings. The molecule has 1 saturated heterocycles. The van der Waals surface area contributed by atoms with Crippen molar-refractivity contribution in [3.8, 4) is 0 Å². The molecule has 0 spiro atoms. The lowest BCUT2D eigenvalue weighted by Gasteiger charge is -2.16. The largest absolute Gasteiger partial charge is 0.480 e. The molecule has 1 aliphatic heterocycles. The second-order valence-electron chi connectivity index (χ2n) is 6.86. The zero-order chi connectivity index (χ0) is 19.9. The molecule has 1 aromatic carbocycles. The normalized spacial score (nSPS) is 16.2. The first-order valence-corrected chi connectivity index (χ1v) is 10.9. The number of hydrogen-bond donors (Lipinski definition) is 2. The second-order valence-corrected chi connectivity index (χ2v) is 8.79. The lowest BCUT2D eigenvalue weighted by Crippen LogP contribution is -2.40. The molecule has 0 bridgehead atoms. The Morgan fingerprint density at radius 2 is 1.81 bits per heavy atom. The van der Waals surface area contributed by atoms with E-state index in [1.54, 1.807) is 24.3 Å². The van der Waals surface area contributed by atoms with Crippen LogP contribution >= 0.6 is 0 Å². The van der Waals surface area contributed by atoms with Gasteiger partial charge in [0.2, 0.25) is 15.9 Å². The Hall–Kier alpha value is -1.93. The molecule has 150 valence electrons. The van der Waals surface area contributed by atoms with Gasteiger partial charge < -0.3 is 10.4 Å². The van der Waals surface area contributed by atoms with Crippen LogP contribution in [0.4, 0.5) is 0 Å². The Labute approximate surface area is 160 Å². The second kappa shape index (κ2) is 9.85. The molecule has 8 heteroatoms. The predicted octanol–water partition coefficient (Wildman–Crippen LogP) is 2.16. The standard InChI is InChI=1S/C19H28N2O5S/c1-2-3-6-17(19(23)24)20-18(22)12-9-15-7-10-16(11-8-15)27(25,26)21-13-4-5-14-21/h7-8,10-11,17H,2-6,9,12-14H2,1H3,(H,20,22)(H,23,24)/t17-/m0/s1. The van der Waals surface area contributed by atoms with E-state index in [2.05, 4.69) is 5.32 Å². The van der Waals surface area contributed by atoms with E-state index in [4.69, 9.17) is 5.11 Å². The molecule has 7 nitrogen and oxygen atoms in total. The van der Waals surface area contributed by atoms with Crippen LogP contribution in [-0.4, -0.2) is 48.8 Å². The Morgan fingerprint density at radius 1 is 1.19 bits per heavy atom. The van der Waals surface area contributed by atoms with Crippen LogP contribution in [0.25, 0.3) is 0 Å². The topological polar surface area (TPSA) is 104 Å². The molecule has 1 amide bonds. The highest BCUT2D eigenvalue weighted by molar-refractivity contribution is 7.89. The molecular weight excluding hydrogens is 368 g/mol. The number of nitrogens with one attached hydrogen (secondary N) is 1. The number of hydrogen-bond acceptors (Lipinski definition) is 4. The number of benzene rings is 1. The maximum atomic E-state index is 12.5. The number of carboxylic acid groups (broad SMARTS) is 1. The summed E-state index contributed by atoms with van der Waals surface area (Å²) in [6.07, 6.45) is 4.39. The number of sulfonamides is 1. The first kappa shape index (κ1) is 21.4. The van der Waals surface area contributed by atoms with Crippen LogP contribution in [-0.2, 0) is 26.0 Å². The van der Waals surface area contributed by atoms with E-state index in [1.807, 2.05) is 6.92 Å². The highest BCUT2D eigenvalue weighted by Gasteiger charge is 2.27. The summed E-state index contributed by atoms with van der Waals surface area (Å²) in [7, 11) is -3.43. The van der Waals surface area contributed by atoms with E-state index in [1.165, 1.54) is 4.31 Å². The first-order chi connectivity index (χ1) is 12.8. The van der Waals surface area contributed by atoms with Crippen LogP contribution in [0, 0.1) is 0 Å². The zero-order valence-electron chi connectivity index (χ0n) is 15.7. The lowest BCUT2D eigenvalue weighted by molar-refractivity contribution is -0.142. The number of carbonyl (C=O) groups excluding carboxylic acids is 1. The maximum absolute atomic E-state index is 12.5. The van der Waals surface area contributed by atoms with E-state index < -0.39 is 22.0 Å². The van der Waals surface area contributed by atoms with Gasteiger partial charge in [-0.15, -0.1) is 0 Å². The number of aryl methyl sites for hydroxylation is 1. The van der Waals surface area contributed by atoms with Crippen LogP contribution < -0.4 is 5.32 Å². The highest BCUT2D eigenvalue weighted by Crippen LogP contribution is 2.21. The average Bonchev–Trinajstić information content (AvgIpc) is 3.19. The summed E-state index contributed by atoms with van der Waals surface area (Å²) in [6.45, 7) is 3.09. The minimum absolute atomic E-state index is 0.161. The van der Waals surface area contributed by atoms with Gasteiger partial charge in [0.05, 0.1) is 4.90 Å². The van der Waals surface area contributed by atoms with Crippen molar-refractivity contribution in [2.45, 2.75) is 62.8 Å². The quantitative estimate of drug-likeness (QED) is 0.631. The van der Waals surface area contributed by atoms with Gasteiger partial charge in [-0.3, -0.25) is 4.79 Å². The van der Waals surface area contributed by atoms with Gasteiger partial charge in [-0.1, -0.05) is 31.9 Å². The Balaban J connectivity index is 1.89. The molecule has 1 atom stereocenters. The summed E-state index contributed by atoms with van der Waals surface area (Å²) in [6, 6.07) is 5.71. The van der Waals surface area contributed by atoms with Gasteiger partial charge in [0.25, 0.3) is 0 Å². The number of rotatable bonds is 10. The van der Waals surface area contributed by atoms with Crippen molar-refractivity contribution in [1.82, 2.24) is 9.62 Å². The Morgan fingerprint density at radius 3 is 2.37 bits per heavy atom. The minimum atomic E-state index is -3.43. The van der Waals surface area contributed by atoms with Crippen molar-refractivity contribution in [2.75, 3.05) is 13.1 Å². The Kier molecular flexibility index (Phi) is 7.79. The predicted molar refractivity (Wildman–Crippen MR) is 102 cm³/mol. The fourth-order valence-electron chi connectivity index (χ4n) is 3.10. The van der Waals surface area contributed by atoms with Gasteiger partial charge in [-0.05, 0) is 43.4 Å². The summed E-state index contributed by atoms with van der Waals surface area (Å²) >= 11 is 0. The van der Waals surface area contributed by atoms with Crippen LogP contribution in [0.15, 0.2) is 29.2 Å². The van der Waals surface area contributed by atoms with Crippen molar-refractivity contribution in [3.05, 3.63) is 29.8 Å². The van der Waals surface area contributed by atoms with Crippen LogP contribution in [0.2, 0.25) is 0 Å². The van der Waals surface area contributed by atoms with Crippen LogP contribution in [0.5, 0.6) is 0 Å². The summed E-state index contributed by atoms with van der Waals surface area (Å²) in [5.41, 5.74) is 0.839. The number of carboxylic acids is 1. The smallest absolute Gasteiger partial charge is 0.326 e. The van der Waals surface area contributed by atoms with Crippen molar-refractivity contribution in [2.24, 2.45) is 0 Å². The van der Waals surface area contributed by atoms with Gasteiger partial charge in [-0.25, -0.2) is 13.2 Å². The Bertz CT molecular complexity index is 740. The monoisotopic (exact) mass is 396 g/mol. The summed E-state index contributed by atoms with van der Waals surface area (Å²) in [5, 5.41) is 11.7. The third-order valence-electron chi connectivity index (χ3n) is 4.75. The van der Waals surface area contributed by atoms with E-state index in [9.17, 15) is 18.0 Å². The fraction of sp³-hybridized carbons (Fsp3) is 0.579. The summed E-state index contributed by atoms with van der Waals surface area (Å²) in [5.74, 6) is -1.33. The minimum Gasteiger partial charge on any atom is -0.480 e. The van der Waals surface area contributed by atoms with Gasteiger partial charge in [0.1, 0.15) is 6.04 Å². The number of amides is 1. The van der Waals surface area contributed by atoms with Crippen LogP contribution in [0.1, 0.15) is 51.0 Å². The van der Waals surface area contributed by atoms with E-state index >= 15 is 0 Å². The number of nitrogens with zero attached hydrogens (tertiary/aromatic N) is 1. The third-order valence-corrected chi connectivity index (χ3v) is 6.66. The zero-order valence-corrected chi connectivity index (χ0v) is 16.5. The molecule has 27 heavy (non-hydrogen) atoms. The molecule has 0 aliphatic carbocycles. The molecular formula is C19H28N2O5S. The molecule has 2 rings (SSSR count). The SMILES string of the molecule is CCCC[C@H](NC(=O)CCc1ccc(S(=O)(=O)N2CCCC2)cc1)C(=O)O. The van der Waals surface area contributed by atoms with Gasteiger partial charge in [-0.2, -0.15) is 4.31 Å².